The predicted octanol–water partition coefficient (Wildman–Crippen LogP) is 6.31. The standard InChI is InChI=1S/C24H38O2/c1-16(7-12-22(25)26)19-10-11-20-18-9-8-17-6-4-5-14-23(17,2)21(18)13-15-24(19,20)3/h8-9,16-21H,4-7,10-15H2,1-3H3,(H,25,26)/t16-,17-,18-,19+,20-,21-,23-,24+/m0/s1. The third-order valence-electron chi connectivity index (χ3n) is 9.65. The van der Waals surface area contributed by atoms with Crippen molar-refractivity contribution >= 4 is 5.97 Å². The van der Waals surface area contributed by atoms with Crippen molar-refractivity contribution < 1.29 is 9.90 Å². The molecule has 4 aliphatic carbocycles. The molecule has 1 N–H and O–H groups in total. The summed E-state index contributed by atoms with van der Waals surface area (Å²) in [6, 6.07) is 0. The van der Waals surface area contributed by atoms with E-state index < -0.39 is 5.97 Å². The Hall–Kier alpha value is -0.790. The molecule has 4 aliphatic rings. The van der Waals surface area contributed by atoms with Gasteiger partial charge in [0, 0.05) is 6.42 Å². The third kappa shape index (κ3) is 2.78. The van der Waals surface area contributed by atoms with Gasteiger partial charge in [-0.25, -0.2) is 0 Å². The number of aliphatic carboxylic acids is 1. The first-order valence-electron chi connectivity index (χ1n) is 11.3. The van der Waals surface area contributed by atoms with Crippen molar-refractivity contribution in [2.24, 2.45) is 46.3 Å². The van der Waals surface area contributed by atoms with Gasteiger partial charge >= 0.3 is 5.97 Å². The second-order valence-electron chi connectivity index (χ2n) is 10.7. The Bertz CT molecular complexity index is 581. The molecule has 3 fully saturated rings. The Balaban J connectivity index is 1.55. The van der Waals surface area contributed by atoms with E-state index in [-0.39, 0.29) is 0 Å². The van der Waals surface area contributed by atoms with Gasteiger partial charge in [0.2, 0.25) is 0 Å². The fourth-order valence-electron chi connectivity index (χ4n) is 8.18. The van der Waals surface area contributed by atoms with Crippen molar-refractivity contribution in [1.82, 2.24) is 0 Å². The fourth-order valence-corrected chi connectivity index (χ4v) is 8.18. The van der Waals surface area contributed by atoms with Crippen molar-refractivity contribution in [2.45, 2.75) is 85.0 Å². The summed E-state index contributed by atoms with van der Waals surface area (Å²) >= 11 is 0. The Morgan fingerprint density at radius 1 is 1.04 bits per heavy atom. The van der Waals surface area contributed by atoms with Crippen molar-refractivity contribution in [1.29, 1.82) is 0 Å². The number of hydrogen-bond acceptors (Lipinski definition) is 1. The summed E-state index contributed by atoms with van der Waals surface area (Å²) in [5.41, 5.74) is 0.979. The van der Waals surface area contributed by atoms with Crippen LogP contribution in [-0.4, -0.2) is 11.1 Å². The van der Waals surface area contributed by atoms with E-state index >= 15 is 0 Å². The van der Waals surface area contributed by atoms with Crippen LogP contribution in [0.25, 0.3) is 0 Å². The Morgan fingerprint density at radius 3 is 2.58 bits per heavy atom. The van der Waals surface area contributed by atoms with Crippen molar-refractivity contribution in [2.75, 3.05) is 0 Å². The van der Waals surface area contributed by atoms with E-state index in [0.717, 1.165) is 36.0 Å². The maximum absolute atomic E-state index is 11.0. The van der Waals surface area contributed by atoms with E-state index in [1.807, 2.05) is 0 Å². The largest absolute Gasteiger partial charge is 0.481 e. The van der Waals surface area contributed by atoms with E-state index in [1.165, 1.54) is 51.4 Å². The SMILES string of the molecule is C[C@@H](CCC(=O)O)[C@H]1CC[C@H]2[C@@H]3C=C[C@@H]4CCCC[C@]4(C)[C@H]3CC[C@]12C. The van der Waals surface area contributed by atoms with Crippen LogP contribution in [0.3, 0.4) is 0 Å². The van der Waals surface area contributed by atoms with Gasteiger partial charge in [-0.3, -0.25) is 4.79 Å². The highest BCUT2D eigenvalue weighted by molar-refractivity contribution is 5.66. The minimum absolute atomic E-state index is 0.337. The molecule has 8 atom stereocenters. The number of hydrogen-bond donors (Lipinski definition) is 1. The summed E-state index contributed by atoms with van der Waals surface area (Å²) in [5.74, 6) is 3.96. The average Bonchev–Trinajstić information content (AvgIpc) is 2.96. The van der Waals surface area contributed by atoms with Crippen LogP contribution in [0.2, 0.25) is 0 Å². The van der Waals surface area contributed by atoms with Gasteiger partial charge in [0.15, 0.2) is 0 Å². The van der Waals surface area contributed by atoms with Gasteiger partial charge in [-0.05, 0) is 91.3 Å². The van der Waals surface area contributed by atoms with Crippen LogP contribution < -0.4 is 0 Å². The quantitative estimate of drug-likeness (QED) is 0.598. The molecular weight excluding hydrogens is 320 g/mol. The van der Waals surface area contributed by atoms with Crippen LogP contribution in [0.1, 0.15) is 85.0 Å². The van der Waals surface area contributed by atoms with Crippen molar-refractivity contribution in [3.63, 3.8) is 0 Å². The summed E-state index contributed by atoms with van der Waals surface area (Å²) in [7, 11) is 0. The molecule has 0 unspecified atom stereocenters. The maximum Gasteiger partial charge on any atom is 0.303 e. The molecule has 146 valence electrons. The first-order chi connectivity index (χ1) is 12.4. The first-order valence-corrected chi connectivity index (χ1v) is 11.3. The number of carboxylic acid groups (broad SMARTS) is 1. The molecule has 0 aromatic rings. The second kappa shape index (κ2) is 6.67. The molecule has 2 heteroatoms. The fraction of sp³-hybridized carbons (Fsp3) is 0.875. The summed E-state index contributed by atoms with van der Waals surface area (Å²) < 4.78 is 0. The van der Waals surface area contributed by atoms with Gasteiger partial charge in [0.1, 0.15) is 0 Å². The van der Waals surface area contributed by atoms with Gasteiger partial charge in [0.25, 0.3) is 0 Å². The zero-order valence-electron chi connectivity index (χ0n) is 17.0. The predicted molar refractivity (Wildman–Crippen MR) is 106 cm³/mol. The Morgan fingerprint density at radius 2 is 1.81 bits per heavy atom. The van der Waals surface area contributed by atoms with Gasteiger partial charge in [0.05, 0.1) is 0 Å². The highest BCUT2D eigenvalue weighted by atomic mass is 16.4. The monoisotopic (exact) mass is 358 g/mol. The Kier molecular flexibility index (Phi) is 4.77. The number of fused-ring (bicyclic) bond motifs is 5. The number of rotatable bonds is 4. The van der Waals surface area contributed by atoms with E-state index in [4.69, 9.17) is 5.11 Å². The number of carbonyl (C=O) groups is 1. The molecule has 0 heterocycles. The lowest BCUT2D eigenvalue weighted by atomic mass is 9.46. The van der Waals surface area contributed by atoms with Crippen LogP contribution in [0.15, 0.2) is 12.2 Å². The van der Waals surface area contributed by atoms with E-state index in [2.05, 4.69) is 32.9 Å². The molecule has 0 aliphatic heterocycles. The van der Waals surface area contributed by atoms with Crippen LogP contribution in [0, 0.1) is 46.3 Å². The molecule has 0 bridgehead atoms. The Labute approximate surface area is 159 Å². The molecule has 0 radical (unpaired) electrons. The third-order valence-corrected chi connectivity index (χ3v) is 9.65. The molecule has 4 rings (SSSR count). The zero-order valence-corrected chi connectivity index (χ0v) is 17.0. The minimum Gasteiger partial charge on any atom is -0.481 e. The van der Waals surface area contributed by atoms with Crippen molar-refractivity contribution in [3.05, 3.63) is 12.2 Å². The normalized spacial score (nSPS) is 48.3. The first kappa shape index (κ1) is 18.6. The summed E-state index contributed by atoms with van der Waals surface area (Å²) in [5, 5.41) is 9.09. The molecule has 3 saturated carbocycles. The highest BCUT2D eigenvalue weighted by Crippen LogP contribution is 2.66. The highest BCUT2D eigenvalue weighted by Gasteiger charge is 2.58. The van der Waals surface area contributed by atoms with Gasteiger partial charge < -0.3 is 5.11 Å². The van der Waals surface area contributed by atoms with Crippen LogP contribution >= 0.6 is 0 Å². The topological polar surface area (TPSA) is 37.3 Å². The molecule has 0 saturated heterocycles. The molecule has 26 heavy (non-hydrogen) atoms. The molecule has 0 aromatic carbocycles. The zero-order chi connectivity index (χ0) is 18.5. The smallest absolute Gasteiger partial charge is 0.303 e. The molecule has 0 spiro atoms. The van der Waals surface area contributed by atoms with Gasteiger partial charge in [-0.15, -0.1) is 0 Å². The van der Waals surface area contributed by atoms with Crippen molar-refractivity contribution in [3.8, 4) is 0 Å². The van der Waals surface area contributed by atoms with Crippen LogP contribution in [-0.2, 0) is 4.79 Å². The molecule has 0 amide bonds. The second-order valence-corrected chi connectivity index (χ2v) is 10.7. The number of carboxylic acids is 1. The molecular formula is C24H38O2. The summed E-state index contributed by atoms with van der Waals surface area (Å²) in [6.07, 6.45) is 17.6. The number of allylic oxidation sites excluding steroid dienone is 2. The molecule has 2 nitrogen and oxygen atoms in total. The summed E-state index contributed by atoms with van der Waals surface area (Å²) in [6.45, 7) is 7.50. The lowest BCUT2D eigenvalue weighted by Crippen LogP contribution is -2.51. The molecule has 0 aromatic heterocycles. The van der Waals surface area contributed by atoms with E-state index in [1.54, 1.807) is 0 Å². The van der Waals surface area contributed by atoms with E-state index in [0.29, 0.717) is 23.2 Å². The van der Waals surface area contributed by atoms with Gasteiger partial charge in [-0.2, -0.15) is 0 Å². The van der Waals surface area contributed by atoms with Crippen LogP contribution in [0.5, 0.6) is 0 Å². The van der Waals surface area contributed by atoms with E-state index in [9.17, 15) is 4.79 Å². The minimum atomic E-state index is -0.633. The average molecular weight is 359 g/mol. The van der Waals surface area contributed by atoms with Crippen LogP contribution in [0.4, 0.5) is 0 Å². The summed E-state index contributed by atoms with van der Waals surface area (Å²) in [4.78, 5) is 11.0. The van der Waals surface area contributed by atoms with Gasteiger partial charge in [-0.1, -0.05) is 45.8 Å². The maximum atomic E-state index is 11.0. The lowest BCUT2D eigenvalue weighted by Gasteiger charge is -2.58. The lowest BCUT2D eigenvalue weighted by molar-refractivity contribution is -0.137.